The van der Waals surface area contributed by atoms with Crippen molar-refractivity contribution in [3.05, 3.63) is 17.4 Å². The Morgan fingerprint density at radius 1 is 1.60 bits per heavy atom. The van der Waals surface area contributed by atoms with Gasteiger partial charge in [0.25, 0.3) is 0 Å². The Bertz CT molecular complexity index is 507. The van der Waals surface area contributed by atoms with Crippen LogP contribution in [-0.2, 0) is 16.1 Å². The lowest BCUT2D eigenvalue weighted by Gasteiger charge is -2.34. The highest BCUT2D eigenvalue weighted by molar-refractivity contribution is 6.30. The SMILES string of the molecule is O=C(O)[C@]12COCC[C@H]1CN(CCn1cc(Cl)cn1)C2. The summed E-state index contributed by atoms with van der Waals surface area (Å²) in [6.45, 7) is 3.88. The van der Waals surface area contributed by atoms with E-state index in [0.717, 1.165) is 26.1 Å². The number of hydrogen-bond donors (Lipinski definition) is 1. The second-order valence-corrected chi connectivity index (χ2v) is 6.09. The summed E-state index contributed by atoms with van der Waals surface area (Å²) >= 11 is 5.83. The minimum absolute atomic E-state index is 0.190. The fraction of sp³-hybridized carbons (Fsp3) is 0.692. The van der Waals surface area contributed by atoms with Crippen LogP contribution in [0.5, 0.6) is 0 Å². The van der Waals surface area contributed by atoms with Crippen LogP contribution >= 0.6 is 11.6 Å². The Balaban J connectivity index is 1.63. The summed E-state index contributed by atoms with van der Waals surface area (Å²) in [6, 6.07) is 0. The van der Waals surface area contributed by atoms with Crippen molar-refractivity contribution in [2.45, 2.75) is 13.0 Å². The van der Waals surface area contributed by atoms with E-state index in [1.807, 2.05) is 0 Å². The molecule has 2 saturated heterocycles. The number of carboxylic acids is 1. The van der Waals surface area contributed by atoms with Crippen molar-refractivity contribution < 1.29 is 14.6 Å². The molecule has 2 atom stereocenters. The van der Waals surface area contributed by atoms with Gasteiger partial charge in [0.15, 0.2) is 0 Å². The molecule has 1 aromatic rings. The van der Waals surface area contributed by atoms with Crippen molar-refractivity contribution in [1.82, 2.24) is 14.7 Å². The maximum atomic E-state index is 11.6. The zero-order chi connectivity index (χ0) is 14.2. The third-order valence-electron chi connectivity index (χ3n) is 4.41. The van der Waals surface area contributed by atoms with Gasteiger partial charge < -0.3 is 9.84 Å². The summed E-state index contributed by atoms with van der Waals surface area (Å²) in [6.07, 6.45) is 4.22. The Labute approximate surface area is 122 Å². The van der Waals surface area contributed by atoms with E-state index < -0.39 is 11.4 Å². The standard InChI is InChI=1S/C13H18ClN3O3/c14-11-5-15-17(7-11)3-2-16-6-10-1-4-20-9-13(10,8-16)12(18)19/h5,7,10H,1-4,6,8-9H2,(H,18,19)/t10-,13+/m0/s1. The zero-order valence-corrected chi connectivity index (χ0v) is 11.9. The summed E-state index contributed by atoms with van der Waals surface area (Å²) in [5.74, 6) is -0.540. The fourth-order valence-electron chi connectivity index (χ4n) is 3.27. The van der Waals surface area contributed by atoms with Gasteiger partial charge >= 0.3 is 5.97 Å². The molecule has 110 valence electrons. The van der Waals surface area contributed by atoms with E-state index in [2.05, 4.69) is 10.00 Å². The zero-order valence-electron chi connectivity index (χ0n) is 11.2. The van der Waals surface area contributed by atoms with E-state index in [4.69, 9.17) is 16.3 Å². The second kappa shape index (κ2) is 5.35. The molecular weight excluding hydrogens is 282 g/mol. The van der Waals surface area contributed by atoms with Crippen LogP contribution in [0.25, 0.3) is 0 Å². The van der Waals surface area contributed by atoms with E-state index >= 15 is 0 Å². The molecule has 0 aliphatic carbocycles. The molecule has 2 aliphatic heterocycles. The lowest BCUT2D eigenvalue weighted by Crippen LogP contribution is -2.46. The summed E-state index contributed by atoms with van der Waals surface area (Å²) in [5.41, 5.74) is -0.722. The average Bonchev–Trinajstić information content (AvgIpc) is 3.00. The summed E-state index contributed by atoms with van der Waals surface area (Å²) in [5, 5.41) is 14.3. The van der Waals surface area contributed by atoms with Gasteiger partial charge in [-0.05, 0) is 12.3 Å². The summed E-state index contributed by atoms with van der Waals surface area (Å²) in [7, 11) is 0. The number of aromatic nitrogens is 2. The highest BCUT2D eigenvalue weighted by Gasteiger charge is 2.53. The maximum absolute atomic E-state index is 11.6. The van der Waals surface area contributed by atoms with Crippen LogP contribution in [0, 0.1) is 11.3 Å². The Morgan fingerprint density at radius 3 is 3.10 bits per heavy atom. The highest BCUT2D eigenvalue weighted by Crippen LogP contribution is 2.41. The molecule has 1 aromatic heterocycles. The van der Waals surface area contributed by atoms with Gasteiger partial charge in [-0.25, -0.2) is 0 Å². The molecule has 0 saturated carbocycles. The number of rotatable bonds is 4. The number of halogens is 1. The Morgan fingerprint density at radius 2 is 2.45 bits per heavy atom. The van der Waals surface area contributed by atoms with Crippen molar-refractivity contribution in [2.75, 3.05) is 32.8 Å². The van der Waals surface area contributed by atoms with Crippen LogP contribution in [0.3, 0.4) is 0 Å². The maximum Gasteiger partial charge on any atom is 0.313 e. The molecule has 6 nitrogen and oxygen atoms in total. The van der Waals surface area contributed by atoms with Crippen molar-refractivity contribution >= 4 is 17.6 Å². The third-order valence-corrected chi connectivity index (χ3v) is 4.60. The highest BCUT2D eigenvalue weighted by atomic mass is 35.5. The van der Waals surface area contributed by atoms with E-state index in [1.54, 1.807) is 17.1 Å². The number of fused-ring (bicyclic) bond motifs is 1. The molecule has 2 fully saturated rings. The first-order valence-electron chi connectivity index (χ1n) is 6.82. The monoisotopic (exact) mass is 299 g/mol. The van der Waals surface area contributed by atoms with Gasteiger partial charge in [-0.2, -0.15) is 5.10 Å². The number of carbonyl (C=O) groups is 1. The quantitative estimate of drug-likeness (QED) is 0.897. The molecule has 20 heavy (non-hydrogen) atoms. The molecular formula is C13H18ClN3O3. The number of likely N-dealkylation sites (tertiary alicyclic amines) is 1. The molecule has 3 heterocycles. The molecule has 0 amide bonds. The van der Waals surface area contributed by atoms with E-state index in [1.165, 1.54) is 0 Å². The van der Waals surface area contributed by atoms with Crippen LogP contribution in [-0.4, -0.2) is 58.6 Å². The predicted molar refractivity (Wildman–Crippen MR) is 72.7 cm³/mol. The minimum atomic E-state index is -0.730. The van der Waals surface area contributed by atoms with Crippen molar-refractivity contribution in [3.63, 3.8) is 0 Å². The molecule has 2 aliphatic rings. The molecule has 0 radical (unpaired) electrons. The molecule has 0 bridgehead atoms. The van der Waals surface area contributed by atoms with Crippen molar-refractivity contribution in [3.8, 4) is 0 Å². The van der Waals surface area contributed by atoms with Gasteiger partial charge in [0.2, 0.25) is 0 Å². The normalized spacial score (nSPS) is 30.4. The minimum Gasteiger partial charge on any atom is -0.481 e. The first kappa shape index (κ1) is 13.9. The number of aliphatic carboxylic acids is 1. The predicted octanol–water partition coefficient (Wildman–Crippen LogP) is 0.960. The van der Waals surface area contributed by atoms with Gasteiger partial charge in [-0.3, -0.25) is 14.4 Å². The summed E-state index contributed by atoms with van der Waals surface area (Å²) in [4.78, 5) is 13.8. The molecule has 7 heteroatoms. The van der Waals surface area contributed by atoms with Gasteiger partial charge in [0.1, 0.15) is 5.41 Å². The molecule has 1 N–H and O–H groups in total. The number of ether oxygens (including phenoxy) is 1. The third kappa shape index (κ3) is 2.43. The molecule has 0 unspecified atom stereocenters. The van der Waals surface area contributed by atoms with Crippen molar-refractivity contribution in [1.29, 1.82) is 0 Å². The largest absolute Gasteiger partial charge is 0.481 e. The molecule has 3 rings (SSSR count). The number of carboxylic acid groups (broad SMARTS) is 1. The summed E-state index contributed by atoms with van der Waals surface area (Å²) < 4.78 is 7.21. The topological polar surface area (TPSA) is 67.6 Å². The average molecular weight is 300 g/mol. The molecule has 0 spiro atoms. The van der Waals surface area contributed by atoms with Gasteiger partial charge in [-0.15, -0.1) is 0 Å². The lowest BCUT2D eigenvalue weighted by molar-refractivity contribution is -0.159. The fourth-order valence-corrected chi connectivity index (χ4v) is 3.43. The van der Waals surface area contributed by atoms with Crippen LogP contribution in [0.15, 0.2) is 12.4 Å². The molecule has 0 aromatic carbocycles. The van der Waals surface area contributed by atoms with Crippen molar-refractivity contribution in [2.24, 2.45) is 11.3 Å². The number of hydrogen-bond acceptors (Lipinski definition) is 4. The lowest BCUT2D eigenvalue weighted by atomic mass is 9.76. The number of nitrogens with zero attached hydrogens (tertiary/aromatic N) is 3. The van der Waals surface area contributed by atoms with E-state index in [9.17, 15) is 9.90 Å². The van der Waals surface area contributed by atoms with Crippen LogP contribution in [0.2, 0.25) is 5.02 Å². The van der Waals surface area contributed by atoms with Gasteiger partial charge in [0, 0.05) is 32.4 Å². The Hall–Kier alpha value is -1.11. The van der Waals surface area contributed by atoms with Gasteiger partial charge in [-0.1, -0.05) is 11.6 Å². The second-order valence-electron chi connectivity index (χ2n) is 5.66. The first-order valence-corrected chi connectivity index (χ1v) is 7.19. The smallest absolute Gasteiger partial charge is 0.313 e. The Kier molecular flexibility index (Phi) is 3.70. The van der Waals surface area contributed by atoms with Crippen LogP contribution in [0.4, 0.5) is 0 Å². The van der Waals surface area contributed by atoms with E-state index in [-0.39, 0.29) is 5.92 Å². The van der Waals surface area contributed by atoms with Gasteiger partial charge in [0.05, 0.1) is 24.4 Å². The van der Waals surface area contributed by atoms with Crippen LogP contribution < -0.4 is 0 Å². The van der Waals surface area contributed by atoms with Crippen LogP contribution in [0.1, 0.15) is 6.42 Å². The van der Waals surface area contributed by atoms with E-state index in [0.29, 0.717) is 24.8 Å². The first-order chi connectivity index (χ1) is 9.60.